The van der Waals surface area contributed by atoms with E-state index in [0.29, 0.717) is 0 Å². The predicted molar refractivity (Wildman–Crippen MR) is 144 cm³/mol. The van der Waals surface area contributed by atoms with Crippen molar-refractivity contribution in [1.82, 2.24) is 0 Å². The quantitative estimate of drug-likeness (QED) is 0.234. The second-order valence-electron chi connectivity index (χ2n) is 8.07. The largest absolute Gasteiger partial charge is 0.208 e. The lowest BCUT2D eigenvalue weighted by atomic mass is 10.2. The van der Waals surface area contributed by atoms with Crippen molar-refractivity contribution < 1.29 is 0 Å². The molecule has 5 rings (SSSR count). The van der Waals surface area contributed by atoms with Crippen LogP contribution < -0.4 is 15.3 Å². The van der Waals surface area contributed by atoms with Crippen molar-refractivity contribution in [3.05, 3.63) is 157 Å². The Balaban J connectivity index is 1.86. The summed E-state index contributed by atoms with van der Waals surface area (Å²) < 4.78 is 2.62. The Kier molecular flexibility index (Phi) is 6.33. The van der Waals surface area contributed by atoms with E-state index in [-0.39, 0.29) is 0 Å². The molecule has 0 spiro atoms. The van der Waals surface area contributed by atoms with Crippen LogP contribution in [0.4, 0.5) is 11.4 Å². The van der Waals surface area contributed by atoms with Gasteiger partial charge >= 0.3 is 0 Å². The van der Waals surface area contributed by atoms with Gasteiger partial charge in [-0.15, -0.1) is 0 Å². The molecule has 0 atom stereocenters. The SMILES string of the molecule is c1ccc(C[P+](c2ccccc2)(c2ccccc2)N(c2ccccc2)c2ccccc2)cc1. The lowest BCUT2D eigenvalue weighted by Gasteiger charge is -2.38. The molecule has 0 fully saturated rings. The molecule has 0 saturated heterocycles. The van der Waals surface area contributed by atoms with Crippen molar-refractivity contribution in [2.45, 2.75) is 6.16 Å². The minimum Gasteiger partial charge on any atom is -0.208 e. The zero-order chi connectivity index (χ0) is 22.3. The molecule has 33 heavy (non-hydrogen) atoms. The molecule has 0 heterocycles. The van der Waals surface area contributed by atoms with Gasteiger partial charge in [-0.25, -0.2) is 4.67 Å². The molecule has 5 aromatic carbocycles. The van der Waals surface area contributed by atoms with Gasteiger partial charge in [-0.2, -0.15) is 0 Å². The number of hydrogen-bond donors (Lipinski definition) is 0. The van der Waals surface area contributed by atoms with Crippen LogP contribution >= 0.6 is 7.41 Å². The maximum Gasteiger partial charge on any atom is 0.180 e. The molecule has 0 saturated carbocycles. The van der Waals surface area contributed by atoms with Crippen molar-refractivity contribution in [1.29, 1.82) is 0 Å². The van der Waals surface area contributed by atoms with E-state index in [2.05, 4.69) is 156 Å². The van der Waals surface area contributed by atoms with Gasteiger partial charge in [-0.1, -0.05) is 103 Å². The number of nitrogens with zero attached hydrogens (tertiary/aromatic N) is 1. The second-order valence-corrected chi connectivity index (χ2v) is 11.4. The van der Waals surface area contributed by atoms with Gasteiger partial charge in [0, 0.05) is 0 Å². The van der Waals surface area contributed by atoms with E-state index in [4.69, 9.17) is 0 Å². The molecule has 0 amide bonds. The highest BCUT2D eigenvalue weighted by molar-refractivity contribution is 7.90. The molecule has 0 aliphatic carbocycles. The van der Waals surface area contributed by atoms with Crippen molar-refractivity contribution >= 4 is 29.4 Å². The molecule has 0 radical (unpaired) electrons. The van der Waals surface area contributed by atoms with Gasteiger partial charge in [0.25, 0.3) is 0 Å². The van der Waals surface area contributed by atoms with Gasteiger partial charge in [0.15, 0.2) is 7.41 Å². The van der Waals surface area contributed by atoms with Crippen molar-refractivity contribution in [3.8, 4) is 0 Å². The number of hydrogen-bond acceptors (Lipinski definition) is 1. The fraction of sp³-hybridized carbons (Fsp3) is 0.0323. The lowest BCUT2D eigenvalue weighted by molar-refractivity contribution is 1.31. The van der Waals surface area contributed by atoms with E-state index in [0.717, 1.165) is 6.16 Å². The van der Waals surface area contributed by atoms with Gasteiger partial charge < -0.3 is 0 Å². The third-order valence-electron chi connectivity index (χ3n) is 5.96. The van der Waals surface area contributed by atoms with Crippen LogP contribution in [0.3, 0.4) is 0 Å². The zero-order valence-electron chi connectivity index (χ0n) is 18.5. The molecule has 0 aliphatic heterocycles. The first kappa shape index (κ1) is 21.2. The normalized spacial score (nSPS) is 11.2. The minimum atomic E-state index is -2.14. The number of anilines is 2. The summed E-state index contributed by atoms with van der Waals surface area (Å²) in [6, 6.07) is 54.7. The summed E-state index contributed by atoms with van der Waals surface area (Å²) in [5.74, 6) is 0. The fourth-order valence-electron chi connectivity index (χ4n) is 4.51. The third-order valence-corrected chi connectivity index (χ3v) is 10.2. The zero-order valence-corrected chi connectivity index (χ0v) is 19.4. The van der Waals surface area contributed by atoms with Gasteiger partial charge in [-0.3, -0.25) is 0 Å². The van der Waals surface area contributed by atoms with Gasteiger partial charge in [0.05, 0.1) is 11.4 Å². The van der Waals surface area contributed by atoms with Crippen LogP contribution in [0.1, 0.15) is 5.56 Å². The summed E-state index contributed by atoms with van der Waals surface area (Å²) in [6.45, 7) is 0. The highest BCUT2D eigenvalue weighted by Crippen LogP contribution is 2.66. The topological polar surface area (TPSA) is 3.24 Å². The molecule has 0 aromatic heterocycles. The van der Waals surface area contributed by atoms with Crippen molar-refractivity contribution in [3.63, 3.8) is 0 Å². The van der Waals surface area contributed by atoms with Crippen molar-refractivity contribution in [2.24, 2.45) is 0 Å². The Labute approximate surface area is 197 Å². The molecular formula is C31H27NP+. The molecule has 0 N–H and O–H groups in total. The molecule has 0 unspecified atom stereocenters. The molecule has 5 aromatic rings. The highest BCUT2D eigenvalue weighted by Gasteiger charge is 2.50. The van der Waals surface area contributed by atoms with Gasteiger partial charge in [-0.05, 0) is 54.1 Å². The summed E-state index contributed by atoms with van der Waals surface area (Å²) in [5.41, 5.74) is 3.76. The average molecular weight is 445 g/mol. The van der Waals surface area contributed by atoms with E-state index < -0.39 is 7.41 Å². The lowest BCUT2D eigenvalue weighted by Crippen LogP contribution is -2.36. The highest BCUT2D eigenvalue weighted by atomic mass is 31.2. The van der Waals surface area contributed by atoms with Crippen LogP contribution in [-0.4, -0.2) is 0 Å². The number of rotatable bonds is 7. The van der Waals surface area contributed by atoms with Crippen LogP contribution in [0.2, 0.25) is 0 Å². The molecule has 0 aliphatic rings. The molecule has 0 bridgehead atoms. The van der Waals surface area contributed by atoms with E-state index in [1.54, 1.807) is 0 Å². The molecule has 160 valence electrons. The Morgan fingerprint density at radius 1 is 0.394 bits per heavy atom. The number of benzene rings is 5. The van der Waals surface area contributed by atoms with Crippen LogP contribution in [0.25, 0.3) is 0 Å². The van der Waals surface area contributed by atoms with Gasteiger partial charge in [0.1, 0.15) is 16.8 Å². The fourth-order valence-corrected chi connectivity index (χ4v) is 8.90. The van der Waals surface area contributed by atoms with Crippen LogP contribution in [0, 0.1) is 0 Å². The second kappa shape index (κ2) is 9.86. The number of para-hydroxylation sites is 2. The van der Waals surface area contributed by atoms with Crippen LogP contribution in [0.15, 0.2) is 152 Å². The summed E-state index contributed by atoms with van der Waals surface area (Å²) in [4.78, 5) is 0. The van der Waals surface area contributed by atoms with E-state index in [1.807, 2.05) is 0 Å². The van der Waals surface area contributed by atoms with Crippen molar-refractivity contribution in [2.75, 3.05) is 4.67 Å². The first-order chi connectivity index (χ1) is 16.4. The molecule has 2 heteroatoms. The Morgan fingerprint density at radius 2 is 0.727 bits per heavy atom. The first-order valence-electron chi connectivity index (χ1n) is 11.3. The van der Waals surface area contributed by atoms with Crippen LogP contribution in [0.5, 0.6) is 0 Å². The maximum absolute atomic E-state index is 2.62. The average Bonchev–Trinajstić information content (AvgIpc) is 2.91. The molecule has 1 nitrogen and oxygen atoms in total. The summed E-state index contributed by atoms with van der Waals surface area (Å²) in [7, 11) is -2.14. The Bertz CT molecular complexity index is 1180. The van der Waals surface area contributed by atoms with E-state index >= 15 is 0 Å². The smallest absolute Gasteiger partial charge is 0.180 e. The summed E-state index contributed by atoms with van der Waals surface area (Å²) in [5, 5.41) is 2.74. The van der Waals surface area contributed by atoms with Gasteiger partial charge in [0.2, 0.25) is 0 Å². The van der Waals surface area contributed by atoms with E-state index in [9.17, 15) is 0 Å². The molecular weight excluding hydrogens is 417 g/mol. The monoisotopic (exact) mass is 444 g/mol. The first-order valence-corrected chi connectivity index (χ1v) is 13.2. The minimum absolute atomic E-state index is 0.936. The Hall–Kier alpha value is -3.67. The summed E-state index contributed by atoms with van der Waals surface area (Å²) >= 11 is 0. The Morgan fingerprint density at radius 3 is 1.12 bits per heavy atom. The van der Waals surface area contributed by atoms with Crippen LogP contribution in [-0.2, 0) is 6.16 Å². The maximum atomic E-state index is 2.62. The van der Waals surface area contributed by atoms with E-state index in [1.165, 1.54) is 27.5 Å². The standard InChI is InChI=1S/C31H27NP/c1-6-16-27(17-7-1)26-33(30-22-12-4-13-23-30,31-24-14-5-15-25-31)32(28-18-8-2-9-19-28)29-20-10-3-11-21-29/h1-25H,26H2/q+1. The summed E-state index contributed by atoms with van der Waals surface area (Å²) in [6.07, 6.45) is 0.936. The predicted octanol–water partition coefficient (Wildman–Crippen LogP) is 7.61. The third kappa shape index (κ3) is 4.33.